The Labute approximate surface area is 210 Å². The van der Waals surface area contributed by atoms with Gasteiger partial charge in [-0.1, -0.05) is 19.1 Å². The molecular weight excluding hydrogens is 460 g/mol. The number of nitrogens with zero attached hydrogens (tertiary/aromatic N) is 1. The van der Waals surface area contributed by atoms with Gasteiger partial charge in [-0.25, -0.2) is 10.2 Å². The van der Waals surface area contributed by atoms with Crippen molar-refractivity contribution in [2.45, 2.75) is 27.2 Å². The quantitative estimate of drug-likeness (QED) is 0.170. The summed E-state index contributed by atoms with van der Waals surface area (Å²) in [7, 11) is 0. The third kappa shape index (κ3) is 7.87. The van der Waals surface area contributed by atoms with E-state index in [-0.39, 0.29) is 12.4 Å². The van der Waals surface area contributed by atoms with Crippen molar-refractivity contribution in [2.24, 2.45) is 5.10 Å². The fourth-order valence-corrected chi connectivity index (χ4v) is 3.15. The maximum absolute atomic E-state index is 12.6. The molecule has 0 aliphatic heterocycles. The lowest BCUT2D eigenvalue weighted by atomic mass is 10.2. The highest BCUT2D eigenvalue weighted by molar-refractivity contribution is 5.92. The van der Waals surface area contributed by atoms with Crippen LogP contribution < -0.4 is 24.4 Å². The Bertz CT molecular complexity index is 1170. The molecule has 0 atom stereocenters. The van der Waals surface area contributed by atoms with Crippen LogP contribution in [0.4, 0.5) is 0 Å². The van der Waals surface area contributed by atoms with Crippen LogP contribution >= 0.6 is 0 Å². The van der Waals surface area contributed by atoms with Crippen molar-refractivity contribution in [1.29, 1.82) is 0 Å². The minimum Gasteiger partial charge on any atom is -0.494 e. The summed E-state index contributed by atoms with van der Waals surface area (Å²) >= 11 is 0. The van der Waals surface area contributed by atoms with Gasteiger partial charge in [0.1, 0.15) is 11.5 Å². The number of ether oxygens (including phenoxy) is 4. The van der Waals surface area contributed by atoms with Crippen LogP contribution in [0.25, 0.3) is 0 Å². The van der Waals surface area contributed by atoms with Gasteiger partial charge in [0.25, 0.3) is 5.91 Å². The molecule has 0 heterocycles. The average molecular weight is 491 g/mol. The maximum atomic E-state index is 12.6. The van der Waals surface area contributed by atoms with Crippen LogP contribution in [0.2, 0.25) is 0 Å². The van der Waals surface area contributed by atoms with Crippen LogP contribution in [0, 0.1) is 0 Å². The number of aryl methyl sites for hydroxylation is 1. The molecule has 36 heavy (non-hydrogen) atoms. The van der Waals surface area contributed by atoms with Gasteiger partial charge in [0, 0.05) is 0 Å². The van der Waals surface area contributed by atoms with Gasteiger partial charge in [-0.15, -0.1) is 0 Å². The van der Waals surface area contributed by atoms with Gasteiger partial charge in [-0.05, 0) is 86.0 Å². The van der Waals surface area contributed by atoms with Gasteiger partial charge in [-0.2, -0.15) is 5.10 Å². The standard InChI is InChI=1S/C28H30N2O6/c1-4-20-7-12-24(13-8-20)35-19-27(31)30-29-18-21-9-16-25(26(17-21)34-6-3)36-28(32)22-10-14-23(15-11-22)33-5-2/h7-18H,4-6,19H2,1-3H3,(H,30,31)/b29-18-. The summed E-state index contributed by atoms with van der Waals surface area (Å²) in [5.41, 5.74) is 4.66. The Morgan fingerprint density at radius 2 is 1.47 bits per heavy atom. The van der Waals surface area contributed by atoms with Gasteiger partial charge >= 0.3 is 5.97 Å². The maximum Gasteiger partial charge on any atom is 0.343 e. The summed E-state index contributed by atoms with van der Waals surface area (Å²) < 4.78 is 22.0. The Morgan fingerprint density at radius 1 is 0.806 bits per heavy atom. The normalized spacial score (nSPS) is 10.6. The summed E-state index contributed by atoms with van der Waals surface area (Å²) in [5, 5.41) is 3.96. The number of amides is 1. The lowest BCUT2D eigenvalue weighted by Crippen LogP contribution is -2.24. The molecule has 8 nitrogen and oxygen atoms in total. The molecule has 0 aliphatic carbocycles. The molecule has 3 aromatic carbocycles. The van der Waals surface area contributed by atoms with E-state index in [0.29, 0.717) is 41.6 Å². The fraction of sp³-hybridized carbons (Fsp3) is 0.250. The van der Waals surface area contributed by atoms with E-state index < -0.39 is 11.9 Å². The number of hydrogen-bond acceptors (Lipinski definition) is 7. The predicted molar refractivity (Wildman–Crippen MR) is 137 cm³/mol. The molecule has 3 aromatic rings. The Morgan fingerprint density at radius 3 is 2.14 bits per heavy atom. The van der Waals surface area contributed by atoms with Crippen molar-refractivity contribution < 1.29 is 28.5 Å². The Hall–Kier alpha value is -4.33. The highest BCUT2D eigenvalue weighted by Gasteiger charge is 2.13. The van der Waals surface area contributed by atoms with E-state index in [4.69, 9.17) is 18.9 Å². The highest BCUT2D eigenvalue weighted by Crippen LogP contribution is 2.29. The first-order chi connectivity index (χ1) is 17.5. The topological polar surface area (TPSA) is 95.5 Å². The molecule has 0 saturated heterocycles. The van der Waals surface area contributed by atoms with Crippen molar-refractivity contribution in [3.8, 4) is 23.0 Å². The molecule has 0 aliphatic rings. The number of rotatable bonds is 12. The minimum atomic E-state index is -0.517. The smallest absolute Gasteiger partial charge is 0.343 e. The highest BCUT2D eigenvalue weighted by atomic mass is 16.6. The van der Waals surface area contributed by atoms with Crippen molar-refractivity contribution in [1.82, 2.24) is 5.43 Å². The van der Waals surface area contributed by atoms with E-state index in [9.17, 15) is 9.59 Å². The third-order valence-corrected chi connectivity index (χ3v) is 4.98. The summed E-state index contributed by atoms with van der Waals surface area (Å²) in [6, 6.07) is 19.3. The van der Waals surface area contributed by atoms with Crippen LogP contribution in [0.5, 0.6) is 23.0 Å². The van der Waals surface area contributed by atoms with Crippen LogP contribution in [-0.4, -0.2) is 37.9 Å². The van der Waals surface area contributed by atoms with Gasteiger partial charge < -0.3 is 18.9 Å². The molecule has 3 rings (SSSR count). The van der Waals surface area contributed by atoms with E-state index in [1.54, 1.807) is 42.5 Å². The van der Waals surface area contributed by atoms with Crippen molar-refractivity contribution >= 4 is 18.1 Å². The molecule has 1 N–H and O–H groups in total. The molecule has 8 heteroatoms. The zero-order valence-electron chi connectivity index (χ0n) is 20.7. The second-order valence-electron chi connectivity index (χ2n) is 7.57. The largest absolute Gasteiger partial charge is 0.494 e. The van der Waals surface area contributed by atoms with E-state index in [0.717, 1.165) is 6.42 Å². The summed E-state index contributed by atoms with van der Waals surface area (Å²) in [6.07, 6.45) is 2.40. The zero-order chi connectivity index (χ0) is 25.8. The SMILES string of the molecule is CCOc1ccc(C(=O)Oc2ccc(/C=N\NC(=O)COc3ccc(CC)cc3)cc2OCC)cc1. The first kappa shape index (κ1) is 26.3. The third-order valence-electron chi connectivity index (χ3n) is 4.98. The number of carbonyl (C=O) groups excluding carboxylic acids is 2. The Balaban J connectivity index is 1.57. The van der Waals surface area contributed by atoms with Crippen molar-refractivity contribution in [2.75, 3.05) is 19.8 Å². The zero-order valence-corrected chi connectivity index (χ0v) is 20.7. The fourth-order valence-electron chi connectivity index (χ4n) is 3.15. The second-order valence-corrected chi connectivity index (χ2v) is 7.57. The Kier molecular flexibility index (Phi) is 9.88. The lowest BCUT2D eigenvalue weighted by Gasteiger charge is -2.11. The number of nitrogens with one attached hydrogen (secondary N) is 1. The molecule has 0 unspecified atom stereocenters. The van der Waals surface area contributed by atoms with Crippen molar-refractivity contribution in [3.05, 3.63) is 83.4 Å². The van der Waals surface area contributed by atoms with Crippen LogP contribution in [0.3, 0.4) is 0 Å². The van der Waals surface area contributed by atoms with E-state index in [2.05, 4.69) is 17.5 Å². The molecule has 0 saturated carbocycles. The number of carbonyl (C=O) groups is 2. The van der Waals surface area contributed by atoms with E-state index in [1.165, 1.54) is 11.8 Å². The van der Waals surface area contributed by atoms with E-state index >= 15 is 0 Å². The summed E-state index contributed by atoms with van der Waals surface area (Å²) in [4.78, 5) is 24.6. The molecule has 1 amide bonds. The summed E-state index contributed by atoms with van der Waals surface area (Å²) in [6.45, 7) is 6.55. The number of hydrogen-bond donors (Lipinski definition) is 1. The average Bonchev–Trinajstić information content (AvgIpc) is 2.90. The summed E-state index contributed by atoms with van der Waals surface area (Å²) in [5.74, 6) is 1.04. The minimum absolute atomic E-state index is 0.159. The molecule has 0 aromatic heterocycles. The van der Waals surface area contributed by atoms with Crippen LogP contribution in [-0.2, 0) is 11.2 Å². The lowest BCUT2D eigenvalue weighted by molar-refractivity contribution is -0.123. The first-order valence-corrected chi connectivity index (χ1v) is 11.8. The number of benzene rings is 3. The van der Waals surface area contributed by atoms with Crippen LogP contribution in [0.1, 0.15) is 42.3 Å². The number of esters is 1. The van der Waals surface area contributed by atoms with Gasteiger partial charge in [0.2, 0.25) is 0 Å². The van der Waals surface area contributed by atoms with Gasteiger partial charge in [0.05, 0.1) is 25.0 Å². The molecule has 0 spiro atoms. The molecule has 0 bridgehead atoms. The number of hydrazone groups is 1. The van der Waals surface area contributed by atoms with Crippen LogP contribution in [0.15, 0.2) is 71.8 Å². The second kappa shape index (κ2) is 13.5. The monoisotopic (exact) mass is 490 g/mol. The van der Waals surface area contributed by atoms with Gasteiger partial charge in [-0.3, -0.25) is 4.79 Å². The van der Waals surface area contributed by atoms with Gasteiger partial charge in [0.15, 0.2) is 18.1 Å². The molecule has 0 radical (unpaired) electrons. The molecular formula is C28H30N2O6. The first-order valence-electron chi connectivity index (χ1n) is 11.8. The molecule has 0 fully saturated rings. The predicted octanol–water partition coefficient (Wildman–Crippen LogP) is 4.79. The molecule has 188 valence electrons. The van der Waals surface area contributed by atoms with Crippen molar-refractivity contribution in [3.63, 3.8) is 0 Å². The van der Waals surface area contributed by atoms with E-state index in [1.807, 2.05) is 38.1 Å².